The first kappa shape index (κ1) is 22.2. The number of aliphatic hydroxyl groups is 1. The summed E-state index contributed by atoms with van der Waals surface area (Å²) < 4.78 is 41.9. The minimum absolute atomic E-state index is 0.00640. The Kier molecular flexibility index (Phi) is 5.47. The first-order valence-electron chi connectivity index (χ1n) is 9.26. The third-order valence-corrected chi connectivity index (χ3v) is 4.67. The molecule has 31 heavy (non-hydrogen) atoms. The molecule has 164 valence electrons. The lowest BCUT2D eigenvalue weighted by Crippen LogP contribution is -2.32. The smallest absolute Gasteiger partial charge is 0.508 e. The van der Waals surface area contributed by atoms with Crippen molar-refractivity contribution in [2.75, 3.05) is 4.90 Å². The number of alkyl halides is 3. The summed E-state index contributed by atoms with van der Waals surface area (Å²) >= 11 is 0. The van der Waals surface area contributed by atoms with Crippen LogP contribution in [0.2, 0.25) is 0 Å². The van der Waals surface area contributed by atoms with E-state index < -0.39 is 41.0 Å². The monoisotopic (exact) mass is 435 g/mol. The Morgan fingerprint density at radius 2 is 1.65 bits per heavy atom. The van der Waals surface area contributed by atoms with E-state index in [2.05, 4.69) is 4.74 Å². The van der Waals surface area contributed by atoms with Crippen LogP contribution in [0.5, 0.6) is 11.5 Å². The standard InChI is InChI=1S/C22H20F3NO5/c1-21(2,3)19(29)16-17(12-7-9-14(27)10-8-12)26(20(30)18(16)28)13-5-4-6-15(11-13)31-22(23,24)25/h4-11,17,27-28H,1-3H3. The van der Waals surface area contributed by atoms with Crippen molar-refractivity contribution < 1.29 is 37.7 Å². The lowest BCUT2D eigenvalue weighted by atomic mass is 9.82. The van der Waals surface area contributed by atoms with E-state index in [4.69, 9.17) is 0 Å². The first-order chi connectivity index (χ1) is 14.3. The van der Waals surface area contributed by atoms with Crippen LogP contribution in [0, 0.1) is 5.41 Å². The second-order valence-electron chi connectivity index (χ2n) is 8.06. The maximum Gasteiger partial charge on any atom is 0.573 e. The molecule has 3 rings (SSSR count). The van der Waals surface area contributed by atoms with Gasteiger partial charge in [-0.3, -0.25) is 14.5 Å². The number of anilines is 1. The fourth-order valence-corrected chi connectivity index (χ4v) is 3.31. The third kappa shape index (κ3) is 4.50. The Balaban J connectivity index is 2.16. The number of benzene rings is 2. The molecule has 1 aliphatic rings. The molecule has 0 saturated carbocycles. The molecule has 1 atom stereocenters. The summed E-state index contributed by atoms with van der Waals surface area (Å²) in [6.07, 6.45) is -4.93. The van der Waals surface area contributed by atoms with E-state index in [1.165, 1.54) is 36.4 Å². The number of halogens is 3. The Hall–Kier alpha value is -3.49. The Labute approximate surface area is 176 Å². The number of ether oxygens (including phenoxy) is 1. The number of hydrogen-bond donors (Lipinski definition) is 2. The normalized spacial score (nSPS) is 17.3. The van der Waals surface area contributed by atoms with Gasteiger partial charge in [-0.1, -0.05) is 39.0 Å². The van der Waals surface area contributed by atoms with Crippen LogP contribution in [0.25, 0.3) is 0 Å². The van der Waals surface area contributed by atoms with Crippen molar-refractivity contribution in [3.63, 3.8) is 0 Å². The summed E-state index contributed by atoms with van der Waals surface area (Å²) in [7, 11) is 0. The molecular weight excluding hydrogens is 415 g/mol. The number of carbonyl (C=O) groups is 2. The van der Waals surface area contributed by atoms with Crippen molar-refractivity contribution in [2.24, 2.45) is 5.41 Å². The molecule has 2 N–H and O–H groups in total. The summed E-state index contributed by atoms with van der Waals surface area (Å²) in [5.41, 5.74) is -0.751. The van der Waals surface area contributed by atoms with Gasteiger partial charge in [0.2, 0.25) is 0 Å². The van der Waals surface area contributed by atoms with Crippen LogP contribution in [-0.4, -0.2) is 28.3 Å². The van der Waals surface area contributed by atoms with Crippen LogP contribution in [0.3, 0.4) is 0 Å². The topological polar surface area (TPSA) is 87.1 Å². The molecule has 1 unspecified atom stereocenters. The van der Waals surface area contributed by atoms with E-state index >= 15 is 0 Å². The number of amides is 1. The highest BCUT2D eigenvalue weighted by Crippen LogP contribution is 2.44. The summed E-state index contributed by atoms with van der Waals surface area (Å²) in [6, 6.07) is 9.20. The van der Waals surface area contributed by atoms with Crippen molar-refractivity contribution in [1.29, 1.82) is 0 Å². The molecule has 0 saturated heterocycles. The fraction of sp³-hybridized carbons (Fsp3) is 0.273. The second-order valence-corrected chi connectivity index (χ2v) is 8.06. The molecule has 1 amide bonds. The minimum atomic E-state index is -4.93. The predicted molar refractivity (Wildman–Crippen MR) is 106 cm³/mol. The third-order valence-electron chi connectivity index (χ3n) is 4.67. The number of hydrogen-bond acceptors (Lipinski definition) is 5. The van der Waals surface area contributed by atoms with Crippen LogP contribution in [0.15, 0.2) is 59.9 Å². The van der Waals surface area contributed by atoms with E-state index in [1.807, 2.05) is 0 Å². The Morgan fingerprint density at radius 3 is 2.19 bits per heavy atom. The number of ketones is 1. The van der Waals surface area contributed by atoms with Crippen molar-refractivity contribution in [3.05, 3.63) is 65.4 Å². The number of phenols is 1. The van der Waals surface area contributed by atoms with E-state index in [9.17, 15) is 33.0 Å². The highest BCUT2D eigenvalue weighted by Gasteiger charge is 2.46. The lowest BCUT2D eigenvalue weighted by Gasteiger charge is -2.29. The van der Waals surface area contributed by atoms with Gasteiger partial charge in [0.1, 0.15) is 11.5 Å². The van der Waals surface area contributed by atoms with E-state index in [-0.39, 0.29) is 17.0 Å². The number of phenolic OH excluding ortho intramolecular Hbond substituents is 1. The summed E-state index contributed by atoms with van der Waals surface area (Å²) in [4.78, 5) is 27.1. The number of aliphatic hydroxyl groups excluding tert-OH is 1. The van der Waals surface area contributed by atoms with E-state index in [0.717, 1.165) is 17.0 Å². The van der Waals surface area contributed by atoms with Gasteiger partial charge in [-0.25, -0.2) is 0 Å². The fourth-order valence-electron chi connectivity index (χ4n) is 3.31. The molecule has 1 aliphatic heterocycles. The summed E-state index contributed by atoms with van der Waals surface area (Å²) in [5, 5.41) is 20.2. The van der Waals surface area contributed by atoms with Gasteiger partial charge in [0, 0.05) is 17.2 Å². The second kappa shape index (κ2) is 7.64. The van der Waals surface area contributed by atoms with Crippen LogP contribution < -0.4 is 9.64 Å². The molecule has 2 aromatic carbocycles. The van der Waals surface area contributed by atoms with Crippen LogP contribution >= 0.6 is 0 Å². The average Bonchev–Trinajstić information content (AvgIpc) is 2.91. The van der Waals surface area contributed by atoms with Gasteiger partial charge in [0.25, 0.3) is 5.91 Å². The van der Waals surface area contributed by atoms with Crippen molar-refractivity contribution in [3.8, 4) is 11.5 Å². The average molecular weight is 435 g/mol. The Morgan fingerprint density at radius 1 is 1.03 bits per heavy atom. The van der Waals surface area contributed by atoms with Gasteiger partial charge in [-0.15, -0.1) is 13.2 Å². The van der Waals surface area contributed by atoms with Gasteiger partial charge in [-0.05, 0) is 29.8 Å². The van der Waals surface area contributed by atoms with Crippen LogP contribution in [0.4, 0.5) is 18.9 Å². The number of nitrogens with zero attached hydrogens (tertiary/aromatic N) is 1. The first-order valence-corrected chi connectivity index (χ1v) is 9.26. The van der Waals surface area contributed by atoms with E-state index in [0.29, 0.717) is 5.56 Å². The quantitative estimate of drug-likeness (QED) is 0.720. The highest BCUT2D eigenvalue weighted by atomic mass is 19.4. The number of carbonyl (C=O) groups excluding carboxylic acids is 2. The number of Topliss-reactive ketones (excluding diaryl/α,β-unsaturated/α-hetero) is 1. The van der Waals surface area contributed by atoms with Gasteiger partial charge in [0.05, 0.1) is 11.6 Å². The zero-order valence-electron chi connectivity index (χ0n) is 16.9. The van der Waals surface area contributed by atoms with E-state index in [1.54, 1.807) is 20.8 Å². The maximum atomic E-state index is 13.1. The van der Waals surface area contributed by atoms with Gasteiger partial charge in [0.15, 0.2) is 11.5 Å². The molecule has 0 fully saturated rings. The van der Waals surface area contributed by atoms with Crippen LogP contribution in [0.1, 0.15) is 32.4 Å². The molecule has 0 spiro atoms. The van der Waals surface area contributed by atoms with Crippen molar-refractivity contribution >= 4 is 17.4 Å². The molecule has 9 heteroatoms. The van der Waals surface area contributed by atoms with Crippen molar-refractivity contribution in [2.45, 2.75) is 33.2 Å². The lowest BCUT2D eigenvalue weighted by molar-refractivity contribution is -0.274. The Bertz CT molecular complexity index is 1050. The highest BCUT2D eigenvalue weighted by molar-refractivity contribution is 6.17. The van der Waals surface area contributed by atoms with Crippen molar-refractivity contribution in [1.82, 2.24) is 0 Å². The summed E-state index contributed by atoms with van der Waals surface area (Å²) in [5.74, 6) is -2.83. The maximum absolute atomic E-state index is 13.1. The molecule has 2 aromatic rings. The molecule has 0 bridgehead atoms. The zero-order valence-corrected chi connectivity index (χ0v) is 16.9. The number of rotatable bonds is 4. The number of aromatic hydroxyl groups is 1. The molecule has 0 radical (unpaired) electrons. The summed E-state index contributed by atoms with van der Waals surface area (Å²) in [6.45, 7) is 4.86. The molecule has 0 aromatic heterocycles. The van der Waals surface area contributed by atoms with Gasteiger partial charge in [-0.2, -0.15) is 0 Å². The molecule has 6 nitrogen and oxygen atoms in total. The minimum Gasteiger partial charge on any atom is -0.508 e. The van der Waals surface area contributed by atoms with Gasteiger partial charge < -0.3 is 14.9 Å². The zero-order chi connectivity index (χ0) is 23.1. The van der Waals surface area contributed by atoms with Gasteiger partial charge >= 0.3 is 6.36 Å². The largest absolute Gasteiger partial charge is 0.573 e. The van der Waals surface area contributed by atoms with Crippen LogP contribution in [-0.2, 0) is 9.59 Å². The molecular formula is C22H20F3NO5. The predicted octanol–water partition coefficient (Wildman–Crippen LogP) is 4.81. The molecule has 0 aliphatic carbocycles. The molecule has 1 heterocycles. The SMILES string of the molecule is CC(C)(C)C(=O)C1=C(O)C(=O)N(c2cccc(OC(F)(F)F)c2)C1c1ccc(O)cc1.